The molecule has 162 valence electrons. The predicted octanol–water partition coefficient (Wildman–Crippen LogP) is 4.07. The summed E-state index contributed by atoms with van der Waals surface area (Å²) >= 11 is 1.15. The van der Waals surface area contributed by atoms with Gasteiger partial charge in [-0.2, -0.15) is 0 Å². The Hall–Kier alpha value is -3.92. The van der Waals surface area contributed by atoms with E-state index in [2.05, 4.69) is 10.3 Å². The Labute approximate surface area is 186 Å². The monoisotopic (exact) mass is 450 g/mol. The highest BCUT2D eigenvalue weighted by Gasteiger charge is 2.20. The number of rotatable bonds is 7. The second kappa shape index (κ2) is 9.06. The van der Waals surface area contributed by atoms with Crippen molar-refractivity contribution < 1.29 is 14.1 Å². The standard InChI is InChI=1S/C22H18N4O5S/c1-14(20(27)23-15-8-10-16(11-9-15)26(29)30)32-22-24-19-7-3-2-6-18(19)21(28)25(22)13-17-5-4-12-31-17/h2-12,14H,13H2,1H3,(H,23,27). The van der Waals surface area contributed by atoms with Crippen LogP contribution in [0.15, 0.2) is 81.3 Å². The van der Waals surface area contributed by atoms with E-state index in [1.54, 1.807) is 43.3 Å². The largest absolute Gasteiger partial charge is 0.467 e. The van der Waals surface area contributed by atoms with Crippen LogP contribution in [0.5, 0.6) is 0 Å². The number of nitro benzene ring substituents is 1. The summed E-state index contributed by atoms with van der Waals surface area (Å²) in [7, 11) is 0. The summed E-state index contributed by atoms with van der Waals surface area (Å²) in [6.07, 6.45) is 1.53. The van der Waals surface area contributed by atoms with Gasteiger partial charge in [-0.25, -0.2) is 4.98 Å². The smallest absolute Gasteiger partial charge is 0.269 e. The summed E-state index contributed by atoms with van der Waals surface area (Å²) in [6.45, 7) is 1.88. The number of nitrogens with one attached hydrogen (secondary N) is 1. The quantitative estimate of drug-likeness (QED) is 0.195. The van der Waals surface area contributed by atoms with Crippen molar-refractivity contribution in [3.8, 4) is 0 Å². The molecule has 4 rings (SSSR count). The summed E-state index contributed by atoms with van der Waals surface area (Å²) < 4.78 is 6.88. The topological polar surface area (TPSA) is 120 Å². The van der Waals surface area contributed by atoms with Crippen LogP contribution in [-0.4, -0.2) is 25.6 Å². The SMILES string of the molecule is CC(Sc1nc2ccccc2c(=O)n1Cc1ccco1)C(=O)Nc1ccc([N+](=O)[O-])cc1. The van der Waals surface area contributed by atoms with Gasteiger partial charge in [-0.15, -0.1) is 0 Å². The molecule has 2 heterocycles. The number of thioether (sulfide) groups is 1. The van der Waals surface area contributed by atoms with Crippen LogP contribution in [0, 0.1) is 10.1 Å². The number of benzene rings is 2. The molecule has 2 aromatic heterocycles. The van der Waals surface area contributed by atoms with Gasteiger partial charge in [-0.05, 0) is 43.3 Å². The van der Waals surface area contributed by atoms with E-state index in [1.807, 2.05) is 0 Å². The number of aromatic nitrogens is 2. The highest BCUT2D eigenvalue weighted by atomic mass is 32.2. The van der Waals surface area contributed by atoms with E-state index in [9.17, 15) is 19.7 Å². The van der Waals surface area contributed by atoms with Crippen LogP contribution in [0.1, 0.15) is 12.7 Å². The predicted molar refractivity (Wildman–Crippen MR) is 121 cm³/mol. The minimum Gasteiger partial charge on any atom is -0.467 e. The Morgan fingerprint density at radius 3 is 2.62 bits per heavy atom. The molecule has 0 aliphatic heterocycles. The van der Waals surface area contributed by atoms with E-state index in [0.717, 1.165) is 11.8 Å². The van der Waals surface area contributed by atoms with Gasteiger partial charge < -0.3 is 9.73 Å². The first-order valence-electron chi connectivity index (χ1n) is 9.66. The Morgan fingerprint density at radius 2 is 1.94 bits per heavy atom. The zero-order chi connectivity index (χ0) is 22.7. The van der Waals surface area contributed by atoms with Gasteiger partial charge in [0.1, 0.15) is 5.76 Å². The third-order valence-electron chi connectivity index (χ3n) is 4.72. The van der Waals surface area contributed by atoms with Crippen molar-refractivity contribution in [1.82, 2.24) is 9.55 Å². The molecule has 1 N–H and O–H groups in total. The normalized spacial score (nSPS) is 11.9. The molecular formula is C22H18N4O5S. The second-order valence-corrected chi connectivity index (χ2v) is 8.24. The number of anilines is 1. The third kappa shape index (κ3) is 4.54. The van der Waals surface area contributed by atoms with Gasteiger partial charge in [-0.3, -0.25) is 24.3 Å². The number of non-ortho nitro benzene ring substituents is 1. The average Bonchev–Trinajstić information content (AvgIpc) is 3.30. The van der Waals surface area contributed by atoms with Gasteiger partial charge in [0.15, 0.2) is 5.16 Å². The number of amides is 1. The minimum absolute atomic E-state index is 0.0623. The zero-order valence-corrected chi connectivity index (χ0v) is 17.7. The van der Waals surface area contributed by atoms with E-state index in [1.165, 1.54) is 35.1 Å². The van der Waals surface area contributed by atoms with Crippen molar-refractivity contribution in [2.24, 2.45) is 0 Å². The molecule has 1 unspecified atom stereocenters. The van der Waals surface area contributed by atoms with E-state index in [0.29, 0.717) is 27.5 Å². The summed E-state index contributed by atoms with van der Waals surface area (Å²) in [5.41, 5.74) is 0.691. The number of hydrogen-bond acceptors (Lipinski definition) is 7. The van der Waals surface area contributed by atoms with Crippen LogP contribution in [0.2, 0.25) is 0 Å². The summed E-state index contributed by atoms with van der Waals surface area (Å²) in [5, 5.41) is 13.8. The van der Waals surface area contributed by atoms with Crippen LogP contribution in [0.3, 0.4) is 0 Å². The number of furan rings is 1. The molecule has 2 aromatic carbocycles. The number of para-hydroxylation sites is 1. The lowest BCUT2D eigenvalue weighted by atomic mass is 10.2. The minimum atomic E-state index is -0.596. The third-order valence-corrected chi connectivity index (χ3v) is 5.81. The van der Waals surface area contributed by atoms with Crippen molar-refractivity contribution in [1.29, 1.82) is 0 Å². The van der Waals surface area contributed by atoms with E-state index < -0.39 is 10.2 Å². The number of fused-ring (bicyclic) bond motifs is 1. The lowest BCUT2D eigenvalue weighted by Gasteiger charge is -2.16. The number of nitrogens with zero attached hydrogens (tertiary/aromatic N) is 3. The van der Waals surface area contributed by atoms with Gasteiger partial charge in [0.25, 0.3) is 11.2 Å². The highest BCUT2D eigenvalue weighted by molar-refractivity contribution is 8.00. The summed E-state index contributed by atoms with van der Waals surface area (Å²) in [6, 6.07) is 16.1. The fraction of sp³-hybridized carbons (Fsp3) is 0.136. The highest BCUT2D eigenvalue weighted by Crippen LogP contribution is 2.25. The number of carbonyl (C=O) groups excluding carboxylic acids is 1. The molecule has 0 saturated carbocycles. The van der Waals surface area contributed by atoms with Gasteiger partial charge in [0.05, 0.1) is 33.9 Å². The Balaban J connectivity index is 1.60. The van der Waals surface area contributed by atoms with E-state index in [-0.39, 0.29) is 23.7 Å². The van der Waals surface area contributed by atoms with Crippen LogP contribution in [0.25, 0.3) is 10.9 Å². The van der Waals surface area contributed by atoms with Gasteiger partial charge >= 0.3 is 0 Å². The molecule has 0 bridgehead atoms. The molecule has 1 atom stereocenters. The molecule has 10 heteroatoms. The van der Waals surface area contributed by atoms with Crippen molar-refractivity contribution in [2.45, 2.75) is 23.9 Å². The Kier molecular flexibility index (Phi) is 6.04. The lowest BCUT2D eigenvalue weighted by Crippen LogP contribution is -2.27. The maximum absolute atomic E-state index is 13.1. The first-order valence-corrected chi connectivity index (χ1v) is 10.5. The molecule has 0 aliphatic carbocycles. The van der Waals surface area contributed by atoms with Crippen LogP contribution in [0.4, 0.5) is 11.4 Å². The number of carbonyl (C=O) groups is 1. The van der Waals surface area contributed by atoms with Gasteiger partial charge in [0, 0.05) is 17.8 Å². The van der Waals surface area contributed by atoms with E-state index >= 15 is 0 Å². The second-order valence-electron chi connectivity index (χ2n) is 6.94. The molecule has 0 fully saturated rings. The van der Waals surface area contributed by atoms with Crippen molar-refractivity contribution in [2.75, 3.05) is 5.32 Å². The molecule has 0 spiro atoms. The lowest BCUT2D eigenvalue weighted by molar-refractivity contribution is -0.384. The first-order chi connectivity index (χ1) is 15.4. The van der Waals surface area contributed by atoms with Crippen molar-refractivity contribution >= 4 is 39.9 Å². The molecule has 1 amide bonds. The molecule has 0 saturated heterocycles. The van der Waals surface area contributed by atoms with Crippen LogP contribution >= 0.6 is 11.8 Å². The molecule has 32 heavy (non-hydrogen) atoms. The number of nitro groups is 1. The fourth-order valence-corrected chi connectivity index (χ4v) is 3.97. The van der Waals surface area contributed by atoms with E-state index in [4.69, 9.17) is 4.42 Å². The van der Waals surface area contributed by atoms with Crippen molar-refractivity contribution in [3.63, 3.8) is 0 Å². The summed E-state index contributed by atoms with van der Waals surface area (Å²) in [4.78, 5) is 40.7. The fourth-order valence-electron chi connectivity index (χ4n) is 3.06. The van der Waals surface area contributed by atoms with Crippen LogP contribution in [-0.2, 0) is 11.3 Å². The maximum Gasteiger partial charge on any atom is 0.269 e. The zero-order valence-electron chi connectivity index (χ0n) is 16.9. The molecule has 4 aromatic rings. The van der Waals surface area contributed by atoms with Gasteiger partial charge in [-0.1, -0.05) is 23.9 Å². The molecule has 9 nitrogen and oxygen atoms in total. The Morgan fingerprint density at radius 1 is 1.19 bits per heavy atom. The molecular weight excluding hydrogens is 432 g/mol. The average molecular weight is 450 g/mol. The maximum atomic E-state index is 13.1. The molecule has 0 radical (unpaired) electrons. The van der Waals surface area contributed by atoms with Crippen molar-refractivity contribution in [3.05, 3.63) is 93.2 Å². The molecule has 0 aliphatic rings. The van der Waals surface area contributed by atoms with Crippen LogP contribution < -0.4 is 10.9 Å². The Bertz CT molecular complexity index is 1330. The van der Waals surface area contributed by atoms with Gasteiger partial charge in [0.2, 0.25) is 5.91 Å². The summed E-state index contributed by atoms with van der Waals surface area (Å²) in [5.74, 6) is 0.268. The number of hydrogen-bond donors (Lipinski definition) is 1. The first kappa shape index (κ1) is 21.3.